The molecule has 5 nitrogen and oxygen atoms in total. The first-order valence-electron chi connectivity index (χ1n) is 12.2. The summed E-state index contributed by atoms with van der Waals surface area (Å²) in [4.78, 5) is 24.6. The molecule has 8 atom stereocenters. The lowest BCUT2D eigenvalue weighted by molar-refractivity contribution is -0.174. The van der Waals surface area contributed by atoms with E-state index in [2.05, 4.69) is 13.8 Å². The van der Waals surface area contributed by atoms with E-state index in [0.717, 1.165) is 25.7 Å². The number of hydrogen-bond acceptors (Lipinski definition) is 5. The highest BCUT2D eigenvalue weighted by Crippen LogP contribution is 2.51. The molecule has 1 heterocycles. The maximum Gasteiger partial charge on any atom is 0.311 e. The molecule has 0 bridgehead atoms. The van der Waals surface area contributed by atoms with Crippen molar-refractivity contribution in [3.63, 3.8) is 0 Å². The molecule has 5 heteroatoms. The van der Waals surface area contributed by atoms with E-state index >= 15 is 0 Å². The van der Waals surface area contributed by atoms with Crippen LogP contribution in [-0.2, 0) is 19.1 Å². The molecule has 0 spiro atoms. The summed E-state index contributed by atoms with van der Waals surface area (Å²) in [7, 11) is 0. The van der Waals surface area contributed by atoms with E-state index in [9.17, 15) is 14.7 Å². The first-order chi connectivity index (χ1) is 14.1. The van der Waals surface area contributed by atoms with E-state index < -0.39 is 11.5 Å². The fourth-order valence-corrected chi connectivity index (χ4v) is 6.09. The molecule has 1 saturated heterocycles. The van der Waals surface area contributed by atoms with Crippen molar-refractivity contribution in [1.82, 2.24) is 0 Å². The number of carbonyl (C=O) groups excluding carboxylic acids is 2. The number of aliphatic hydroxyl groups excluding tert-OH is 1. The number of aliphatic hydroxyl groups is 1. The van der Waals surface area contributed by atoms with Gasteiger partial charge in [-0.05, 0) is 76.0 Å². The fraction of sp³-hybridized carbons (Fsp3) is 0.920. The van der Waals surface area contributed by atoms with Gasteiger partial charge in [-0.2, -0.15) is 0 Å². The predicted molar refractivity (Wildman–Crippen MR) is 116 cm³/mol. The summed E-state index contributed by atoms with van der Waals surface area (Å²) in [5, 5.41) is 9.94. The highest BCUT2D eigenvalue weighted by molar-refractivity contribution is 5.76. The SMILES string of the molecule is CCC(C)(C)C(=O)O[C@H]1C[C@@H](C)CC2CCC(C)[C@H](CCC3C[C@@H](O)CC(=O)O3)[C@H]21. The second-order valence-electron chi connectivity index (χ2n) is 11.1. The lowest BCUT2D eigenvalue weighted by Crippen LogP contribution is -2.48. The number of fused-ring (bicyclic) bond motifs is 1. The molecule has 3 aliphatic rings. The molecule has 3 fully saturated rings. The van der Waals surface area contributed by atoms with E-state index in [0.29, 0.717) is 36.0 Å². The zero-order valence-electron chi connectivity index (χ0n) is 19.6. The smallest absolute Gasteiger partial charge is 0.311 e. The van der Waals surface area contributed by atoms with Crippen molar-refractivity contribution in [1.29, 1.82) is 0 Å². The summed E-state index contributed by atoms with van der Waals surface area (Å²) >= 11 is 0. The zero-order valence-corrected chi connectivity index (χ0v) is 19.6. The van der Waals surface area contributed by atoms with Gasteiger partial charge >= 0.3 is 11.9 Å². The van der Waals surface area contributed by atoms with Gasteiger partial charge in [0.05, 0.1) is 17.9 Å². The van der Waals surface area contributed by atoms with Gasteiger partial charge in [0.2, 0.25) is 0 Å². The first-order valence-corrected chi connectivity index (χ1v) is 12.2. The summed E-state index contributed by atoms with van der Waals surface area (Å²) in [6.45, 7) is 10.6. The van der Waals surface area contributed by atoms with Crippen LogP contribution >= 0.6 is 0 Å². The molecule has 0 amide bonds. The van der Waals surface area contributed by atoms with Crippen LogP contribution in [0.15, 0.2) is 0 Å². The Morgan fingerprint density at radius 3 is 2.57 bits per heavy atom. The number of carbonyl (C=O) groups is 2. The molecule has 0 aromatic heterocycles. The van der Waals surface area contributed by atoms with Gasteiger partial charge in [0.15, 0.2) is 0 Å². The van der Waals surface area contributed by atoms with Crippen molar-refractivity contribution in [2.45, 2.75) is 111 Å². The molecule has 172 valence electrons. The molecule has 1 N–H and O–H groups in total. The highest BCUT2D eigenvalue weighted by Gasteiger charge is 2.47. The Kier molecular flexibility index (Phi) is 7.53. The van der Waals surface area contributed by atoms with Crippen LogP contribution in [0.4, 0.5) is 0 Å². The number of rotatable bonds is 6. The Morgan fingerprint density at radius 2 is 1.90 bits per heavy atom. The molecular weight excluding hydrogens is 380 g/mol. The normalized spacial score (nSPS) is 39.7. The van der Waals surface area contributed by atoms with Crippen LogP contribution in [0.2, 0.25) is 0 Å². The van der Waals surface area contributed by atoms with Crippen LogP contribution in [0.1, 0.15) is 92.4 Å². The van der Waals surface area contributed by atoms with E-state index in [1.807, 2.05) is 20.8 Å². The van der Waals surface area contributed by atoms with Crippen LogP contribution in [0.5, 0.6) is 0 Å². The third-order valence-corrected chi connectivity index (χ3v) is 8.28. The van der Waals surface area contributed by atoms with Gasteiger partial charge in [0.25, 0.3) is 0 Å². The van der Waals surface area contributed by atoms with Crippen molar-refractivity contribution in [3.8, 4) is 0 Å². The average molecular weight is 423 g/mol. The number of esters is 2. The minimum Gasteiger partial charge on any atom is -0.462 e. The van der Waals surface area contributed by atoms with Crippen LogP contribution in [0.25, 0.3) is 0 Å². The monoisotopic (exact) mass is 422 g/mol. The summed E-state index contributed by atoms with van der Waals surface area (Å²) in [5.74, 6) is 2.28. The van der Waals surface area contributed by atoms with E-state index in [-0.39, 0.29) is 30.6 Å². The molecule has 3 rings (SSSR count). The van der Waals surface area contributed by atoms with Crippen LogP contribution < -0.4 is 0 Å². The van der Waals surface area contributed by atoms with E-state index in [1.165, 1.54) is 19.3 Å². The molecule has 30 heavy (non-hydrogen) atoms. The van der Waals surface area contributed by atoms with Gasteiger partial charge in [0.1, 0.15) is 12.2 Å². The van der Waals surface area contributed by atoms with Crippen LogP contribution in [-0.4, -0.2) is 35.4 Å². The second-order valence-corrected chi connectivity index (χ2v) is 11.1. The lowest BCUT2D eigenvalue weighted by Gasteiger charge is -2.50. The van der Waals surface area contributed by atoms with Crippen LogP contribution in [0.3, 0.4) is 0 Å². The molecule has 0 radical (unpaired) electrons. The van der Waals surface area contributed by atoms with Gasteiger partial charge < -0.3 is 14.6 Å². The fourth-order valence-electron chi connectivity index (χ4n) is 6.09. The van der Waals surface area contributed by atoms with Crippen molar-refractivity contribution in [2.24, 2.45) is 35.0 Å². The summed E-state index contributed by atoms with van der Waals surface area (Å²) in [5.41, 5.74) is -0.446. The largest absolute Gasteiger partial charge is 0.462 e. The highest BCUT2D eigenvalue weighted by atomic mass is 16.6. The average Bonchev–Trinajstić information content (AvgIpc) is 2.66. The summed E-state index contributed by atoms with van der Waals surface area (Å²) in [6.07, 6.45) is 7.02. The minimum absolute atomic E-state index is 0.00989. The molecule has 1 aliphatic heterocycles. The van der Waals surface area contributed by atoms with Gasteiger partial charge in [-0.1, -0.05) is 27.2 Å². The predicted octanol–water partition coefficient (Wildman–Crippen LogP) is 4.89. The van der Waals surface area contributed by atoms with Crippen molar-refractivity contribution >= 4 is 11.9 Å². The van der Waals surface area contributed by atoms with Gasteiger partial charge in [-0.3, -0.25) is 9.59 Å². The molecule has 2 saturated carbocycles. The Bertz CT molecular complexity index is 615. The Balaban J connectivity index is 1.72. The van der Waals surface area contributed by atoms with Crippen molar-refractivity contribution < 1.29 is 24.2 Å². The van der Waals surface area contributed by atoms with Gasteiger partial charge in [0, 0.05) is 12.3 Å². The Morgan fingerprint density at radius 1 is 1.17 bits per heavy atom. The zero-order chi connectivity index (χ0) is 22.1. The minimum atomic E-state index is -0.576. The topological polar surface area (TPSA) is 72.8 Å². The Labute approximate surface area is 182 Å². The maximum absolute atomic E-state index is 12.9. The number of hydrogen-bond donors (Lipinski definition) is 1. The van der Waals surface area contributed by atoms with E-state index in [1.54, 1.807) is 0 Å². The van der Waals surface area contributed by atoms with Gasteiger partial charge in [-0.25, -0.2) is 0 Å². The van der Waals surface area contributed by atoms with Crippen molar-refractivity contribution in [2.75, 3.05) is 0 Å². The summed E-state index contributed by atoms with van der Waals surface area (Å²) < 4.78 is 11.7. The molecule has 0 aromatic carbocycles. The summed E-state index contributed by atoms with van der Waals surface area (Å²) in [6, 6.07) is 0. The van der Waals surface area contributed by atoms with E-state index in [4.69, 9.17) is 9.47 Å². The molecule has 3 unspecified atom stereocenters. The first kappa shape index (κ1) is 23.6. The quantitative estimate of drug-likeness (QED) is 0.617. The van der Waals surface area contributed by atoms with Crippen molar-refractivity contribution in [3.05, 3.63) is 0 Å². The molecular formula is C25H42O5. The molecule has 2 aliphatic carbocycles. The Hall–Kier alpha value is -1.10. The third kappa shape index (κ3) is 5.38. The van der Waals surface area contributed by atoms with Gasteiger partial charge in [-0.15, -0.1) is 0 Å². The third-order valence-electron chi connectivity index (χ3n) is 8.28. The number of ether oxygens (including phenoxy) is 2. The maximum atomic E-state index is 12.9. The number of cyclic esters (lactones) is 1. The standard InChI is InChI=1S/C25H42O5/c1-6-25(4,5)24(28)30-21-12-15(2)11-17-8-7-16(3)20(23(17)21)10-9-19-13-18(26)14-22(27)29-19/h15-21,23,26H,6-14H2,1-5H3/t15-,16?,17?,18+,19?,20-,21-,23-/m0/s1. The second kappa shape index (κ2) is 9.58. The van der Waals surface area contributed by atoms with Crippen LogP contribution in [0, 0.1) is 35.0 Å². The molecule has 0 aromatic rings. The lowest BCUT2D eigenvalue weighted by atomic mass is 9.58.